The van der Waals surface area contributed by atoms with Crippen LogP contribution >= 0.6 is 0 Å². The Kier molecular flexibility index (Phi) is 6.32. The molecule has 0 fully saturated rings. The maximum atomic E-state index is 12.4. The highest BCUT2D eigenvalue weighted by Crippen LogP contribution is 2.20. The minimum absolute atomic E-state index is 0.445. The molecule has 0 saturated heterocycles. The molecule has 0 spiro atoms. The summed E-state index contributed by atoms with van der Waals surface area (Å²) in [6.07, 6.45) is 2.15. The van der Waals surface area contributed by atoms with Gasteiger partial charge in [-0.1, -0.05) is 66.7 Å². The van der Waals surface area contributed by atoms with Gasteiger partial charge in [0.25, 0.3) is 0 Å². The van der Waals surface area contributed by atoms with Gasteiger partial charge in [-0.2, -0.15) is 0 Å². The fourth-order valence-corrected chi connectivity index (χ4v) is 2.14. The molecule has 4 heteroatoms. The zero-order valence-corrected chi connectivity index (χ0v) is 13.7. The summed E-state index contributed by atoms with van der Waals surface area (Å²) in [6, 6.07) is 18.5. The zero-order valence-electron chi connectivity index (χ0n) is 13.7. The van der Waals surface area contributed by atoms with E-state index in [1.807, 2.05) is 42.5 Å². The van der Waals surface area contributed by atoms with E-state index in [9.17, 15) is 9.59 Å². The molecule has 0 aliphatic rings. The highest BCUT2D eigenvalue weighted by molar-refractivity contribution is 5.80. The minimum atomic E-state index is -1.06. The first-order valence-electron chi connectivity index (χ1n) is 7.72. The monoisotopic (exact) mass is 324 g/mol. The lowest BCUT2D eigenvalue weighted by atomic mass is 10.1. The maximum Gasteiger partial charge on any atom is 0.352 e. The molecule has 0 radical (unpaired) electrons. The molecule has 124 valence electrons. The molecular formula is C20H20O4. The highest BCUT2D eigenvalue weighted by Gasteiger charge is 2.26. The van der Waals surface area contributed by atoms with Crippen molar-refractivity contribution in [2.75, 3.05) is 0 Å². The largest absolute Gasteiger partial charge is 0.455 e. The molecule has 2 atom stereocenters. The van der Waals surface area contributed by atoms with Crippen LogP contribution in [0.5, 0.6) is 0 Å². The summed E-state index contributed by atoms with van der Waals surface area (Å²) in [5.41, 5.74) is 1.59. The Morgan fingerprint density at radius 3 is 2.08 bits per heavy atom. The number of carbonyl (C=O) groups is 2. The van der Waals surface area contributed by atoms with Crippen LogP contribution < -0.4 is 0 Å². The summed E-state index contributed by atoms with van der Waals surface area (Å²) >= 11 is 0. The molecule has 0 aromatic heterocycles. The van der Waals surface area contributed by atoms with Gasteiger partial charge in [-0.25, -0.2) is 4.79 Å². The number of esters is 2. The van der Waals surface area contributed by atoms with Crippen LogP contribution in [0.25, 0.3) is 6.08 Å². The molecule has 0 aliphatic heterocycles. The molecule has 0 amide bonds. The summed E-state index contributed by atoms with van der Waals surface area (Å²) in [6.45, 7) is 3.02. The van der Waals surface area contributed by atoms with Gasteiger partial charge in [0, 0.05) is 12.5 Å². The number of rotatable bonds is 6. The summed E-state index contributed by atoms with van der Waals surface area (Å²) in [5, 5.41) is 0. The third kappa shape index (κ3) is 5.39. The van der Waals surface area contributed by atoms with Crippen LogP contribution in [0.2, 0.25) is 0 Å². The Balaban J connectivity index is 2.04. The van der Waals surface area contributed by atoms with Gasteiger partial charge < -0.3 is 9.47 Å². The van der Waals surface area contributed by atoms with Crippen molar-refractivity contribution in [2.24, 2.45) is 0 Å². The number of hydrogen-bond acceptors (Lipinski definition) is 4. The second kappa shape index (κ2) is 8.67. The van der Waals surface area contributed by atoms with Crippen molar-refractivity contribution in [3.63, 3.8) is 0 Å². The standard InChI is InChI=1S/C20H20O4/c1-15(13-14-17-9-5-3-6-10-17)23-20(22)19(24-16(2)21)18-11-7-4-8-12-18/h3-15,19H,1-2H3/b14-13+/t15-,19+/m0/s1. The fraction of sp³-hybridized carbons (Fsp3) is 0.200. The van der Waals surface area contributed by atoms with Crippen LogP contribution in [0, 0.1) is 0 Å². The number of benzene rings is 2. The minimum Gasteiger partial charge on any atom is -0.455 e. The van der Waals surface area contributed by atoms with Gasteiger partial charge in [0.1, 0.15) is 6.10 Å². The van der Waals surface area contributed by atoms with Crippen molar-refractivity contribution < 1.29 is 19.1 Å². The predicted octanol–water partition coefficient (Wildman–Crippen LogP) is 3.94. The smallest absolute Gasteiger partial charge is 0.352 e. The maximum absolute atomic E-state index is 12.4. The molecular weight excluding hydrogens is 304 g/mol. The molecule has 0 bridgehead atoms. The molecule has 0 aliphatic carbocycles. The van der Waals surface area contributed by atoms with E-state index in [1.54, 1.807) is 37.3 Å². The number of hydrogen-bond donors (Lipinski definition) is 0. The summed E-state index contributed by atoms with van der Waals surface area (Å²) in [7, 11) is 0. The Labute approximate surface area is 141 Å². The Bertz CT molecular complexity index is 692. The van der Waals surface area contributed by atoms with E-state index < -0.39 is 24.1 Å². The summed E-state index contributed by atoms with van der Waals surface area (Å²) < 4.78 is 10.5. The summed E-state index contributed by atoms with van der Waals surface area (Å²) in [4.78, 5) is 23.7. The van der Waals surface area contributed by atoms with Crippen molar-refractivity contribution in [3.8, 4) is 0 Å². The van der Waals surface area contributed by atoms with E-state index in [1.165, 1.54) is 6.92 Å². The van der Waals surface area contributed by atoms with E-state index in [0.29, 0.717) is 5.56 Å². The molecule has 24 heavy (non-hydrogen) atoms. The van der Waals surface area contributed by atoms with Crippen molar-refractivity contribution in [2.45, 2.75) is 26.1 Å². The van der Waals surface area contributed by atoms with E-state index in [4.69, 9.17) is 9.47 Å². The number of ether oxygens (including phenoxy) is 2. The van der Waals surface area contributed by atoms with E-state index in [0.717, 1.165) is 5.56 Å². The first-order chi connectivity index (χ1) is 11.6. The molecule has 0 heterocycles. The quantitative estimate of drug-likeness (QED) is 0.755. The molecule has 0 saturated carbocycles. The third-order valence-electron chi connectivity index (χ3n) is 3.26. The van der Waals surface area contributed by atoms with E-state index in [-0.39, 0.29) is 0 Å². The topological polar surface area (TPSA) is 52.6 Å². The van der Waals surface area contributed by atoms with Crippen LogP contribution in [-0.4, -0.2) is 18.0 Å². The van der Waals surface area contributed by atoms with Crippen LogP contribution in [-0.2, 0) is 19.1 Å². The van der Waals surface area contributed by atoms with Gasteiger partial charge in [-0.15, -0.1) is 0 Å². The van der Waals surface area contributed by atoms with Crippen LogP contribution in [0.15, 0.2) is 66.7 Å². The lowest BCUT2D eigenvalue weighted by molar-refractivity contribution is -0.169. The lowest BCUT2D eigenvalue weighted by Crippen LogP contribution is -2.24. The number of carbonyl (C=O) groups excluding carboxylic acids is 2. The van der Waals surface area contributed by atoms with Gasteiger partial charge in [-0.3, -0.25) is 4.79 Å². The average Bonchev–Trinajstić information content (AvgIpc) is 2.59. The predicted molar refractivity (Wildman–Crippen MR) is 92.0 cm³/mol. The second-order valence-electron chi connectivity index (χ2n) is 5.31. The highest BCUT2D eigenvalue weighted by atomic mass is 16.6. The van der Waals surface area contributed by atoms with Crippen molar-refractivity contribution in [3.05, 3.63) is 77.9 Å². The average molecular weight is 324 g/mol. The second-order valence-corrected chi connectivity index (χ2v) is 5.31. The Morgan fingerprint density at radius 1 is 0.917 bits per heavy atom. The van der Waals surface area contributed by atoms with E-state index in [2.05, 4.69) is 0 Å². The first-order valence-corrected chi connectivity index (χ1v) is 7.72. The van der Waals surface area contributed by atoms with E-state index >= 15 is 0 Å². The molecule has 2 aromatic carbocycles. The van der Waals surface area contributed by atoms with Gasteiger partial charge in [0.2, 0.25) is 6.10 Å². The van der Waals surface area contributed by atoms with Gasteiger partial charge in [0.05, 0.1) is 0 Å². The molecule has 0 N–H and O–H groups in total. The van der Waals surface area contributed by atoms with Crippen molar-refractivity contribution >= 4 is 18.0 Å². The van der Waals surface area contributed by atoms with Gasteiger partial charge in [0.15, 0.2) is 0 Å². The molecule has 2 rings (SSSR count). The SMILES string of the molecule is CC(=O)O[C@@H](C(=O)O[C@@H](C)/C=C/c1ccccc1)c1ccccc1. The molecule has 0 unspecified atom stereocenters. The van der Waals surface area contributed by atoms with Crippen LogP contribution in [0.1, 0.15) is 31.1 Å². The Morgan fingerprint density at radius 2 is 1.50 bits per heavy atom. The van der Waals surface area contributed by atoms with Crippen molar-refractivity contribution in [1.82, 2.24) is 0 Å². The van der Waals surface area contributed by atoms with Gasteiger partial charge in [-0.05, 0) is 18.6 Å². The molecule has 2 aromatic rings. The first kappa shape index (κ1) is 17.5. The van der Waals surface area contributed by atoms with Crippen LogP contribution in [0.3, 0.4) is 0 Å². The fourth-order valence-electron chi connectivity index (χ4n) is 2.14. The summed E-state index contributed by atoms with van der Waals surface area (Å²) in [5.74, 6) is -1.13. The van der Waals surface area contributed by atoms with Crippen molar-refractivity contribution in [1.29, 1.82) is 0 Å². The van der Waals surface area contributed by atoms with Gasteiger partial charge >= 0.3 is 11.9 Å². The zero-order chi connectivity index (χ0) is 17.4. The van der Waals surface area contributed by atoms with Crippen LogP contribution in [0.4, 0.5) is 0 Å². The third-order valence-corrected chi connectivity index (χ3v) is 3.26. The lowest BCUT2D eigenvalue weighted by Gasteiger charge is -2.18. The Hall–Kier alpha value is -2.88. The normalized spacial score (nSPS) is 13.2. The molecule has 4 nitrogen and oxygen atoms in total.